The number of carbonyl (C=O) groups excluding carboxylic acids is 1. The normalized spacial score (nSPS) is 22.5. The standard InChI is InChI=1S/C9H16N2O4/c1-15-3-2-11-5-7(4-9(13)14)10-8(12)6-11/h7H,2-6H2,1H3,(H,10,12)(H,13,14). The van der Waals surface area contributed by atoms with E-state index < -0.39 is 5.97 Å². The first-order chi connectivity index (χ1) is 7.11. The smallest absolute Gasteiger partial charge is 0.305 e. The number of nitrogens with one attached hydrogen (secondary N) is 1. The maximum absolute atomic E-state index is 11.2. The Labute approximate surface area is 88.2 Å². The van der Waals surface area contributed by atoms with Crippen molar-refractivity contribution in [2.45, 2.75) is 12.5 Å². The van der Waals surface area contributed by atoms with Crippen LogP contribution in [-0.2, 0) is 14.3 Å². The molecule has 1 saturated heterocycles. The summed E-state index contributed by atoms with van der Waals surface area (Å²) >= 11 is 0. The van der Waals surface area contributed by atoms with Crippen LogP contribution >= 0.6 is 0 Å². The van der Waals surface area contributed by atoms with Crippen LogP contribution in [0.25, 0.3) is 0 Å². The second kappa shape index (κ2) is 5.67. The Morgan fingerprint density at radius 3 is 3.07 bits per heavy atom. The molecule has 0 aromatic rings. The van der Waals surface area contributed by atoms with Gasteiger partial charge in [-0.3, -0.25) is 14.5 Å². The van der Waals surface area contributed by atoms with E-state index in [1.165, 1.54) is 0 Å². The number of aliphatic carboxylic acids is 1. The first kappa shape index (κ1) is 11.9. The van der Waals surface area contributed by atoms with Crippen LogP contribution in [0, 0.1) is 0 Å². The highest BCUT2D eigenvalue weighted by atomic mass is 16.5. The van der Waals surface area contributed by atoms with Gasteiger partial charge in [0.15, 0.2) is 0 Å². The third-order valence-electron chi connectivity index (χ3n) is 2.24. The fraction of sp³-hybridized carbons (Fsp3) is 0.778. The van der Waals surface area contributed by atoms with E-state index in [9.17, 15) is 9.59 Å². The van der Waals surface area contributed by atoms with Crippen molar-refractivity contribution in [2.24, 2.45) is 0 Å². The molecule has 15 heavy (non-hydrogen) atoms. The van der Waals surface area contributed by atoms with Crippen LogP contribution in [0.2, 0.25) is 0 Å². The molecule has 1 rings (SSSR count). The van der Waals surface area contributed by atoms with Crippen molar-refractivity contribution in [1.29, 1.82) is 0 Å². The summed E-state index contributed by atoms with van der Waals surface area (Å²) in [6.07, 6.45) is -0.0325. The van der Waals surface area contributed by atoms with E-state index in [1.807, 2.05) is 4.90 Å². The van der Waals surface area contributed by atoms with Gasteiger partial charge in [-0.25, -0.2) is 0 Å². The van der Waals surface area contributed by atoms with Crippen LogP contribution in [0.4, 0.5) is 0 Å². The molecule has 1 heterocycles. The van der Waals surface area contributed by atoms with Crippen LogP contribution in [0.5, 0.6) is 0 Å². The molecule has 0 bridgehead atoms. The van der Waals surface area contributed by atoms with Crippen LogP contribution < -0.4 is 5.32 Å². The number of nitrogens with zero attached hydrogens (tertiary/aromatic N) is 1. The minimum absolute atomic E-state index is 0.0325. The predicted molar refractivity (Wildman–Crippen MR) is 52.5 cm³/mol. The highest BCUT2D eigenvalue weighted by Crippen LogP contribution is 2.03. The zero-order valence-corrected chi connectivity index (χ0v) is 8.73. The molecular formula is C9H16N2O4. The van der Waals surface area contributed by atoms with E-state index in [4.69, 9.17) is 9.84 Å². The molecule has 0 aromatic heterocycles. The van der Waals surface area contributed by atoms with Crippen molar-refractivity contribution in [3.8, 4) is 0 Å². The van der Waals surface area contributed by atoms with Gasteiger partial charge >= 0.3 is 5.97 Å². The number of rotatable bonds is 5. The monoisotopic (exact) mass is 216 g/mol. The van der Waals surface area contributed by atoms with Gasteiger partial charge < -0.3 is 15.2 Å². The van der Waals surface area contributed by atoms with Gasteiger partial charge in [0.2, 0.25) is 5.91 Å². The van der Waals surface area contributed by atoms with Gasteiger partial charge in [-0.1, -0.05) is 0 Å². The van der Waals surface area contributed by atoms with E-state index in [0.29, 0.717) is 26.2 Å². The van der Waals surface area contributed by atoms with E-state index in [1.54, 1.807) is 7.11 Å². The maximum Gasteiger partial charge on any atom is 0.305 e. The van der Waals surface area contributed by atoms with E-state index >= 15 is 0 Å². The SMILES string of the molecule is COCCN1CC(=O)NC(CC(=O)O)C1. The lowest BCUT2D eigenvalue weighted by molar-refractivity contribution is -0.138. The van der Waals surface area contributed by atoms with E-state index in [0.717, 1.165) is 0 Å². The number of amides is 1. The third kappa shape index (κ3) is 4.26. The number of hydrogen-bond acceptors (Lipinski definition) is 4. The van der Waals surface area contributed by atoms with Crippen molar-refractivity contribution in [3.05, 3.63) is 0 Å². The second-order valence-corrected chi connectivity index (χ2v) is 3.59. The zero-order valence-electron chi connectivity index (χ0n) is 8.73. The Kier molecular flexibility index (Phi) is 4.51. The average Bonchev–Trinajstić information content (AvgIpc) is 2.12. The molecule has 86 valence electrons. The number of ether oxygens (including phenoxy) is 1. The fourth-order valence-corrected chi connectivity index (χ4v) is 1.62. The Morgan fingerprint density at radius 1 is 1.73 bits per heavy atom. The molecule has 1 amide bonds. The summed E-state index contributed by atoms with van der Waals surface area (Å²) in [7, 11) is 1.60. The number of hydrogen-bond donors (Lipinski definition) is 2. The summed E-state index contributed by atoms with van der Waals surface area (Å²) in [5.41, 5.74) is 0. The first-order valence-electron chi connectivity index (χ1n) is 4.84. The molecule has 0 aromatic carbocycles. The molecule has 6 heteroatoms. The Hall–Kier alpha value is -1.14. The molecule has 2 N–H and O–H groups in total. The van der Waals surface area contributed by atoms with Crippen molar-refractivity contribution in [1.82, 2.24) is 10.2 Å². The quantitative estimate of drug-likeness (QED) is 0.610. The van der Waals surface area contributed by atoms with Gasteiger partial charge in [0.05, 0.1) is 25.6 Å². The van der Waals surface area contributed by atoms with Gasteiger partial charge in [-0.15, -0.1) is 0 Å². The molecule has 0 saturated carbocycles. The van der Waals surface area contributed by atoms with Crippen LogP contribution in [0.1, 0.15) is 6.42 Å². The minimum Gasteiger partial charge on any atom is -0.481 e. The third-order valence-corrected chi connectivity index (χ3v) is 2.24. The fourth-order valence-electron chi connectivity index (χ4n) is 1.62. The molecule has 0 spiro atoms. The number of carboxylic acids is 1. The van der Waals surface area contributed by atoms with Crippen LogP contribution in [0.15, 0.2) is 0 Å². The summed E-state index contributed by atoms with van der Waals surface area (Å²) in [6.45, 7) is 2.09. The lowest BCUT2D eigenvalue weighted by Gasteiger charge is -2.31. The summed E-state index contributed by atoms with van der Waals surface area (Å²) in [6, 6.07) is -0.291. The first-order valence-corrected chi connectivity index (χ1v) is 4.84. The summed E-state index contributed by atoms with van der Waals surface area (Å²) in [5.74, 6) is -1.02. The number of carboxylic acid groups (broad SMARTS) is 1. The van der Waals surface area contributed by atoms with E-state index in [2.05, 4.69) is 5.32 Å². The number of methoxy groups -OCH3 is 1. The van der Waals surface area contributed by atoms with E-state index in [-0.39, 0.29) is 18.4 Å². The zero-order chi connectivity index (χ0) is 11.3. The molecule has 1 atom stereocenters. The Balaban J connectivity index is 2.40. The van der Waals surface area contributed by atoms with Gasteiger partial charge in [-0.05, 0) is 0 Å². The number of carbonyl (C=O) groups is 2. The lowest BCUT2D eigenvalue weighted by atomic mass is 10.1. The predicted octanol–water partition coefficient (Wildman–Crippen LogP) is -1.09. The molecular weight excluding hydrogens is 200 g/mol. The van der Waals surface area contributed by atoms with Crippen molar-refractivity contribution in [2.75, 3.05) is 33.4 Å². The molecule has 0 aliphatic carbocycles. The van der Waals surface area contributed by atoms with Crippen molar-refractivity contribution in [3.63, 3.8) is 0 Å². The van der Waals surface area contributed by atoms with Gasteiger partial charge in [0, 0.05) is 20.2 Å². The summed E-state index contributed by atoms with van der Waals surface area (Å²) < 4.78 is 4.91. The molecule has 1 unspecified atom stereocenters. The number of piperazine rings is 1. The van der Waals surface area contributed by atoms with Crippen molar-refractivity contribution < 1.29 is 19.4 Å². The average molecular weight is 216 g/mol. The summed E-state index contributed by atoms with van der Waals surface area (Å²) in [5, 5.41) is 11.3. The van der Waals surface area contributed by atoms with Crippen LogP contribution in [-0.4, -0.2) is 61.3 Å². The lowest BCUT2D eigenvalue weighted by Crippen LogP contribution is -2.55. The largest absolute Gasteiger partial charge is 0.481 e. The maximum atomic E-state index is 11.2. The Bertz CT molecular complexity index is 242. The van der Waals surface area contributed by atoms with Gasteiger partial charge in [0.25, 0.3) is 0 Å². The van der Waals surface area contributed by atoms with Crippen molar-refractivity contribution >= 4 is 11.9 Å². The second-order valence-electron chi connectivity index (χ2n) is 3.59. The van der Waals surface area contributed by atoms with Gasteiger partial charge in [-0.2, -0.15) is 0 Å². The molecule has 1 fully saturated rings. The molecule has 1 aliphatic rings. The van der Waals surface area contributed by atoms with Gasteiger partial charge in [0.1, 0.15) is 0 Å². The topological polar surface area (TPSA) is 78.9 Å². The Morgan fingerprint density at radius 2 is 2.47 bits per heavy atom. The molecule has 6 nitrogen and oxygen atoms in total. The molecule has 0 radical (unpaired) electrons. The molecule has 1 aliphatic heterocycles. The minimum atomic E-state index is -0.895. The summed E-state index contributed by atoms with van der Waals surface area (Å²) in [4.78, 5) is 23.6. The highest BCUT2D eigenvalue weighted by molar-refractivity contribution is 5.80. The van der Waals surface area contributed by atoms with Crippen LogP contribution in [0.3, 0.4) is 0 Å². The highest BCUT2D eigenvalue weighted by Gasteiger charge is 2.25.